The molecule has 1 aromatic rings. The summed E-state index contributed by atoms with van der Waals surface area (Å²) in [6, 6.07) is 8.56. The molecular weight excluding hydrogens is 180 g/mol. The van der Waals surface area contributed by atoms with Crippen molar-refractivity contribution in [3.8, 4) is 0 Å². The van der Waals surface area contributed by atoms with Crippen LogP contribution in [0.4, 0.5) is 0 Å². The minimum absolute atomic E-state index is 0.878. The number of hydrogen-bond donors (Lipinski definition) is 0. The number of benzene rings is 1. The normalized spacial score (nSPS) is 9.93. The van der Waals surface area contributed by atoms with Gasteiger partial charge >= 0.3 is 0 Å². The van der Waals surface area contributed by atoms with Crippen molar-refractivity contribution in [1.82, 2.24) is 0 Å². The maximum Gasteiger partial charge on any atom is -0.01000 e. The Morgan fingerprint density at radius 3 is 2.73 bits per heavy atom. The smallest absolute Gasteiger partial charge is 0.01000 e. The number of aryl methyl sites for hydroxylation is 1. The van der Waals surface area contributed by atoms with Gasteiger partial charge in [0.25, 0.3) is 0 Å². The van der Waals surface area contributed by atoms with Gasteiger partial charge < -0.3 is 0 Å². The minimum Gasteiger partial charge on any atom is -0.103 e. The lowest BCUT2D eigenvalue weighted by Gasteiger charge is -2.10. The summed E-state index contributed by atoms with van der Waals surface area (Å²) < 4.78 is 0. The number of unbranched alkanes of at least 4 members (excludes halogenated alkanes) is 1. The third-order valence-corrected chi connectivity index (χ3v) is 2.59. The van der Waals surface area contributed by atoms with E-state index in [-0.39, 0.29) is 0 Å². The van der Waals surface area contributed by atoms with Gasteiger partial charge in [-0.25, -0.2) is 0 Å². The first-order chi connectivity index (χ1) is 7.29. The van der Waals surface area contributed by atoms with E-state index in [4.69, 9.17) is 0 Å². The molecule has 0 bridgehead atoms. The van der Waals surface area contributed by atoms with Gasteiger partial charge in [-0.05, 0) is 36.0 Å². The molecule has 0 aliphatic rings. The van der Waals surface area contributed by atoms with Crippen molar-refractivity contribution < 1.29 is 0 Å². The van der Waals surface area contributed by atoms with E-state index in [1.165, 1.54) is 29.5 Å². The van der Waals surface area contributed by atoms with Crippen LogP contribution in [0.3, 0.4) is 0 Å². The topological polar surface area (TPSA) is 0 Å². The van der Waals surface area contributed by atoms with Crippen LogP contribution in [0.2, 0.25) is 0 Å². The van der Waals surface area contributed by atoms with Crippen LogP contribution in [-0.2, 0) is 6.42 Å². The van der Waals surface area contributed by atoms with Gasteiger partial charge in [0.15, 0.2) is 0 Å². The Morgan fingerprint density at radius 2 is 2.07 bits per heavy atom. The molecule has 0 aliphatic heterocycles. The molecule has 0 N–H and O–H groups in total. The van der Waals surface area contributed by atoms with Crippen LogP contribution in [0.5, 0.6) is 0 Å². The van der Waals surface area contributed by atoms with Crippen molar-refractivity contribution in [2.24, 2.45) is 0 Å². The average molecular weight is 200 g/mol. The van der Waals surface area contributed by atoms with Crippen molar-refractivity contribution in [3.05, 3.63) is 54.6 Å². The predicted molar refractivity (Wildman–Crippen MR) is 68.9 cm³/mol. The molecule has 0 aromatic heterocycles. The van der Waals surface area contributed by atoms with Crippen molar-refractivity contribution in [3.63, 3.8) is 0 Å². The zero-order valence-electron chi connectivity index (χ0n) is 9.63. The summed E-state index contributed by atoms with van der Waals surface area (Å²) in [5.74, 6) is 0. The van der Waals surface area contributed by atoms with Crippen molar-refractivity contribution in [2.45, 2.75) is 32.6 Å². The fourth-order valence-electron chi connectivity index (χ4n) is 1.73. The standard InChI is InChI=1S/C15H20/c1-4-6-10-14-11-7-8-12-15(14)13(3)9-5-2/h5,7-8,11-12H,2-4,6,9-10H2,1H3. The maximum absolute atomic E-state index is 4.11. The summed E-state index contributed by atoms with van der Waals surface area (Å²) in [7, 11) is 0. The highest BCUT2D eigenvalue weighted by molar-refractivity contribution is 5.67. The van der Waals surface area contributed by atoms with Crippen LogP contribution in [0.25, 0.3) is 5.57 Å². The molecule has 0 saturated carbocycles. The van der Waals surface area contributed by atoms with E-state index in [2.05, 4.69) is 44.3 Å². The number of rotatable bonds is 6. The second kappa shape index (κ2) is 6.23. The minimum atomic E-state index is 0.878. The van der Waals surface area contributed by atoms with Gasteiger partial charge in [0.05, 0.1) is 0 Å². The van der Waals surface area contributed by atoms with Gasteiger partial charge in [0.1, 0.15) is 0 Å². The number of allylic oxidation sites excluding steroid dienone is 2. The summed E-state index contributed by atoms with van der Waals surface area (Å²) in [5, 5.41) is 0. The van der Waals surface area contributed by atoms with Crippen molar-refractivity contribution in [1.29, 1.82) is 0 Å². The SMILES string of the molecule is C=CCC(=C)c1ccccc1CCCC. The summed E-state index contributed by atoms with van der Waals surface area (Å²) in [5.41, 5.74) is 3.91. The van der Waals surface area contributed by atoms with Gasteiger partial charge in [0.2, 0.25) is 0 Å². The summed E-state index contributed by atoms with van der Waals surface area (Å²) in [6.45, 7) is 10.1. The zero-order valence-corrected chi connectivity index (χ0v) is 9.63. The second-order valence-corrected chi connectivity index (χ2v) is 3.86. The maximum atomic E-state index is 4.11. The summed E-state index contributed by atoms with van der Waals surface area (Å²) in [4.78, 5) is 0. The lowest BCUT2D eigenvalue weighted by molar-refractivity contribution is 0.793. The lowest BCUT2D eigenvalue weighted by Crippen LogP contribution is -1.92. The van der Waals surface area contributed by atoms with Crippen LogP contribution in [0.15, 0.2) is 43.5 Å². The third-order valence-electron chi connectivity index (χ3n) is 2.59. The van der Waals surface area contributed by atoms with Crippen molar-refractivity contribution >= 4 is 5.57 Å². The second-order valence-electron chi connectivity index (χ2n) is 3.86. The lowest BCUT2D eigenvalue weighted by atomic mass is 9.95. The fourth-order valence-corrected chi connectivity index (χ4v) is 1.73. The fraction of sp³-hybridized carbons (Fsp3) is 0.333. The van der Waals surface area contributed by atoms with Gasteiger partial charge in [-0.15, -0.1) is 6.58 Å². The molecule has 80 valence electrons. The van der Waals surface area contributed by atoms with Crippen LogP contribution in [-0.4, -0.2) is 0 Å². The van der Waals surface area contributed by atoms with E-state index >= 15 is 0 Å². The van der Waals surface area contributed by atoms with E-state index in [0.717, 1.165) is 12.8 Å². The quantitative estimate of drug-likeness (QED) is 0.588. The van der Waals surface area contributed by atoms with E-state index in [0.29, 0.717) is 0 Å². The van der Waals surface area contributed by atoms with Crippen LogP contribution in [0.1, 0.15) is 37.3 Å². The van der Waals surface area contributed by atoms with E-state index < -0.39 is 0 Å². The molecule has 0 aliphatic carbocycles. The molecule has 1 rings (SSSR count). The van der Waals surface area contributed by atoms with Gasteiger partial charge in [-0.3, -0.25) is 0 Å². The molecule has 0 unspecified atom stereocenters. The predicted octanol–water partition coefficient (Wildman–Crippen LogP) is 4.62. The molecule has 15 heavy (non-hydrogen) atoms. The highest BCUT2D eigenvalue weighted by Crippen LogP contribution is 2.22. The molecule has 1 aromatic carbocycles. The van der Waals surface area contributed by atoms with E-state index in [1.807, 2.05) is 6.08 Å². The third kappa shape index (κ3) is 3.39. The van der Waals surface area contributed by atoms with Gasteiger partial charge in [-0.2, -0.15) is 0 Å². The molecule has 0 saturated heterocycles. The van der Waals surface area contributed by atoms with Crippen LogP contribution in [0, 0.1) is 0 Å². The Hall–Kier alpha value is -1.30. The molecule has 0 heteroatoms. The Morgan fingerprint density at radius 1 is 1.33 bits per heavy atom. The van der Waals surface area contributed by atoms with Gasteiger partial charge in [-0.1, -0.05) is 50.3 Å². The molecule has 0 atom stereocenters. The van der Waals surface area contributed by atoms with Crippen molar-refractivity contribution in [2.75, 3.05) is 0 Å². The average Bonchev–Trinajstić information content (AvgIpc) is 2.27. The first kappa shape index (κ1) is 11.8. The van der Waals surface area contributed by atoms with Crippen LogP contribution >= 0.6 is 0 Å². The highest BCUT2D eigenvalue weighted by Gasteiger charge is 2.03. The first-order valence-corrected chi connectivity index (χ1v) is 5.66. The molecule has 0 spiro atoms. The molecule has 0 fully saturated rings. The molecule has 0 heterocycles. The Bertz CT molecular complexity index is 334. The molecular formula is C15H20. The van der Waals surface area contributed by atoms with Crippen LogP contribution < -0.4 is 0 Å². The molecule has 0 amide bonds. The largest absolute Gasteiger partial charge is 0.103 e. The monoisotopic (exact) mass is 200 g/mol. The highest BCUT2D eigenvalue weighted by atomic mass is 14.1. The molecule has 0 radical (unpaired) electrons. The number of hydrogen-bond acceptors (Lipinski definition) is 0. The Kier molecular flexibility index (Phi) is 4.89. The summed E-state index contributed by atoms with van der Waals surface area (Å²) in [6.07, 6.45) is 6.44. The Balaban J connectivity index is 2.85. The Labute approximate surface area is 93.3 Å². The zero-order chi connectivity index (χ0) is 11.1. The molecule has 0 nitrogen and oxygen atoms in total. The van der Waals surface area contributed by atoms with Gasteiger partial charge in [0, 0.05) is 0 Å². The first-order valence-electron chi connectivity index (χ1n) is 5.66. The van der Waals surface area contributed by atoms with E-state index in [1.54, 1.807) is 0 Å². The van der Waals surface area contributed by atoms with E-state index in [9.17, 15) is 0 Å². The summed E-state index contributed by atoms with van der Waals surface area (Å²) >= 11 is 0.